The summed E-state index contributed by atoms with van der Waals surface area (Å²) < 4.78 is 1.44. The van der Waals surface area contributed by atoms with Crippen molar-refractivity contribution in [3.05, 3.63) is 112 Å². The van der Waals surface area contributed by atoms with Gasteiger partial charge in [-0.1, -0.05) is 66.7 Å². The summed E-state index contributed by atoms with van der Waals surface area (Å²) in [5, 5.41) is 0. The topological polar surface area (TPSA) is 54.7 Å². The first kappa shape index (κ1) is 18.6. The number of aromatic nitrogens is 2. The van der Waals surface area contributed by atoms with Crippen LogP contribution in [0.1, 0.15) is 27.0 Å². The van der Waals surface area contributed by atoms with E-state index in [-0.39, 0.29) is 11.1 Å². The van der Waals surface area contributed by atoms with Crippen LogP contribution in [0.15, 0.2) is 83.8 Å². The van der Waals surface area contributed by atoms with Crippen molar-refractivity contribution in [2.45, 2.75) is 20.0 Å². The van der Waals surface area contributed by atoms with Crippen molar-refractivity contribution < 1.29 is 4.79 Å². The molecule has 29 heavy (non-hydrogen) atoms. The molecule has 0 radical (unpaired) electrons. The van der Waals surface area contributed by atoms with Gasteiger partial charge in [0.2, 0.25) is 0 Å². The molecule has 0 atom stereocenters. The first-order valence-corrected chi connectivity index (χ1v) is 9.47. The van der Waals surface area contributed by atoms with Crippen LogP contribution < -0.4 is 10.5 Å². The number of carbonyl (C=O) groups is 1. The molecule has 2 heterocycles. The standard InChI is InChI=1S/C24H21N3O2/c1-18-9-8-14-27-22(18)25-23(21(17-28)24(27)29)26(15-19-10-4-2-5-11-19)16-20-12-6-3-7-13-20/h2-14,17H,15-16H2,1H3. The van der Waals surface area contributed by atoms with Crippen molar-refractivity contribution in [1.82, 2.24) is 9.38 Å². The predicted molar refractivity (Wildman–Crippen MR) is 114 cm³/mol. The zero-order chi connectivity index (χ0) is 20.2. The molecule has 0 saturated carbocycles. The Labute approximate surface area is 168 Å². The van der Waals surface area contributed by atoms with Crippen LogP contribution in [0.25, 0.3) is 5.65 Å². The van der Waals surface area contributed by atoms with Crippen LogP contribution in [0, 0.1) is 6.92 Å². The summed E-state index contributed by atoms with van der Waals surface area (Å²) >= 11 is 0. The van der Waals surface area contributed by atoms with Crippen LogP contribution in [-0.2, 0) is 13.1 Å². The van der Waals surface area contributed by atoms with Gasteiger partial charge in [-0.05, 0) is 29.7 Å². The smallest absolute Gasteiger partial charge is 0.270 e. The fourth-order valence-electron chi connectivity index (χ4n) is 3.46. The maximum Gasteiger partial charge on any atom is 0.270 e. The number of aldehydes is 1. The van der Waals surface area contributed by atoms with Gasteiger partial charge >= 0.3 is 0 Å². The molecule has 2 aromatic heterocycles. The Morgan fingerprint density at radius 1 is 0.897 bits per heavy atom. The molecule has 0 N–H and O–H groups in total. The van der Waals surface area contributed by atoms with Gasteiger partial charge in [-0.3, -0.25) is 14.0 Å². The Hall–Kier alpha value is -3.73. The molecule has 0 aliphatic carbocycles. The van der Waals surface area contributed by atoms with E-state index in [4.69, 9.17) is 4.98 Å². The van der Waals surface area contributed by atoms with Gasteiger partial charge in [0.15, 0.2) is 6.29 Å². The average Bonchev–Trinajstić information content (AvgIpc) is 2.75. The minimum Gasteiger partial charge on any atom is -0.347 e. The number of pyridine rings is 1. The van der Waals surface area contributed by atoms with Gasteiger partial charge in [0, 0.05) is 19.3 Å². The molecule has 4 aromatic rings. The summed E-state index contributed by atoms with van der Waals surface area (Å²) in [6.45, 7) is 2.97. The van der Waals surface area contributed by atoms with Gasteiger partial charge < -0.3 is 4.90 Å². The van der Waals surface area contributed by atoms with E-state index in [1.54, 1.807) is 12.3 Å². The highest BCUT2D eigenvalue weighted by Gasteiger charge is 2.19. The van der Waals surface area contributed by atoms with E-state index in [9.17, 15) is 9.59 Å². The third-order valence-corrected chi connectivity index (χ3v) is 4.91. The van der Waals surface area contributed by atoms with Gasteiger partial charge in [0.1, 0.15) is 17.0 Å². The number of aryl methyl sites for hydroxylation is 1. The molecule has 144 valence electrons. The predicted octanol–water partition coefficient (Wildman–Crippen LogP) is 4.02. The van der Waals surface area contributed by atoms with Gasteiger partial charge in [-0.2, -0.15) is 0 Å². The lowest BCUT2D eigenvalue weighted by molar-refractivity contribution is 0.112. The van der Waals surface area contributed by atoms with Crippen LogP contribution in [-0.4, -0.2) is 15.7 Å². The second-order valence-electron chi connectivity index (χ2n) is 6.98. The van der Waals surface area contributed by atoms with E-state index in [1.807, 2.05) is 78.6 Å². The van der Waals surface area contributed by atoms with E-state index in [2.05, 4.69) is 0 Å². The Morgan fingerprint density at radius 2 is 1.48 bits per heavy atom. The van der Waals surface area contributed by atoms with E-state index in [0.29, 0.717) is 30.8 Å². The highest BCUT2D eigenvalue weighted by atomic mass is 16.1. The van der Waals surface area contributed by atoms with Crippen LogP contribution in [0.3, 0.4) is 0 Å². The number of fused-ring (bicyclic) bond motifs is 1. The minimum atomic E-state index is -0.352. The van der Waals surface area contributed by atoms with E-state index < -0.39 is 0 Å². The van der Waals surface area contributed by atoms with Crippen molar-refractivity contribution in [1.29, 1.82) is 0 Å². The first-order valence-electron chi connectivity index (χ1n) is 9.47. The SMILES string of the molecule is Cc1cccn2c(=O)c(C=O)c(N(Cc3ccccc3)Cc3ccccc3)nc12. The molecular formula is C24H21N3O2. The van der Waals surface area contributed by atoms with Gasteiger partial charge in [0.25, 0.3) is 5.56 Å². The fraction of sp³-hybridized carbons (Fsp3) is 0.125. The summed E-state index contributed by atoms with van der Waals surface area (Å²) in [6.07, 6.45) is 2.26. The third-order valence-electron chi connectivity index (χ3n) is 4.91. The number of hydrogen-bond donors (Lipinski definition) is 0. The Bertz CT molecular complexity index is 1160. The van der Waals surface area contributed by atoms with Crippen LogP contribution in [0.2, 0.25) is 0 Å². The van der Waals surface area contributed by atoms with Gasteiger partial charge in [-0.25, -0.2) is 4.98 Å². The van der Waals surface area contributed by atoms with Crippen molar-refractivity contribution in [3.8, 4) is 0 Å². The zero-order valence-electron chi connectivity index (χ0n) is 16.2. The third kappa shape index (κ3) is 3.80. The second-order valence-corrected chi connectivity index (χ2v) is 6.98. The van der Waals surface area contributed by atoms with Crippen LogP contribution >= 0.6 is 0 Å². The molecule has 0 aliphatic rings. The number of rotatable bonds is 6. The lowest BCUT2D eigenvalue weighted by atomic mass is 10.1. The Kier molecular flexibility index (Phi) is 5.20. The zero-order valence-corrected chi connectivity index (χ0v) is 16.2. The second kappa shape index (κ2) is 8.10. The molecule has 2 aromatic carbocycles. The van der Waals surface area contributed by atoms with Crippen LogP contribution in [0.5, 0.6) is 0 Å². The van der Waals surface area contributed by atoms with Crippen molar-refractivity contribution >= 4 is 17.8 Å². The number of benzene rings is 2. The van der Waals surface area contributed by atoms with E-state index in [1.165, 1.54) is 4.40 Å². The highest BCUT2D eigenvalue weighted by molar-refractivity contribution is 5.83. The Morgan fingerprint density at radius 3 is 2.03 bits per heavy atom. The lowest BCUT2D eigenvalue weighted by Crippen LogP contribution is -2.30. The molecule has 0 fully saturated rings. The Balaban J connectivity index is 1.89. The molecule has 0 aliphatic heterocycles. The molecule has 0 spiro atoms. The molecule has 0 saturated heterocycles. The molecule has 5 nitrogen and oxygen atoms in total. The van der Waals surface area contributed by atoms with Crippen LogP contribution in [0.4, 0.5) is 5.82 Å². The largest absolute Gasteiger partial charge is 0.347 e. The maximum absolute atomic E-state index is 13.0. The molecule has 0 bridgehead atoms. The quantitative estimate of drug-likeness (QED) is 0.472. The summed E-state index contributed by atoms with van der Waals surface area (Å²) in [5.41, 5.74) is 3.31. The normalized spacial score (nSPS) is 10.8. The molecule has 0 amide bonds. The number of nitrogens with zero attached hydrogens (tertiary/aromatic N) is 3. The molecule has 5 heteroatoms. The summed E-state index contributed by atoms with van der Waals surface area (Å²) in [7, 11) is 0. The molecule has 0 unspecified atom stereocenters. The van der Waals surface area contributed by atoms with E-state index in [0.717, 1.165) is 16.7 Å². The molecular weight excluding hydrogens is 362 g/mol. The number of anilines is 1. The molecule has 4 rings (SSSR count). The fourth-order valence-corrected chi connectivity index (χ4v) is 3.46. The monoisotopic (exact) mass is 383 g/mol. The minimum absolute atomic E-state index is 0.0694. The summed E-state index contributed by atoms with van der Waals surface area (Å²) in [4.78, 5) is 31.7. The first-order chi connectivity index (χ1) is 14.2. The van der Waals surface area contributed by atoms with Crippen molar-refractivity contribution in [2.75, 3.05) is 4.90 Å². The number of hydrogen-bond acceptors (Lipinski definition) is 4. The van der Waals surface area contributed by atoms with Gasteiger partial charge in [0.05, 0.1) is 0 Å². The van der Waals surface area contributed by atoms with Crippen molar-refractivity contribution in [2.24, 2.45) is 0 Å². The average molecular weight is 383 g/mol. The number of carbonyl (C=O) groups excluding carboxylic acids is 1. The van der Waals surface area contributed by atoms with E-state index >= 15 is 0 Å². The van der Waals surface area contributed by atoms with Gasteiger partial charge in [-0.15, -0.1) is 0 Å². The highest BCUT2D eigenvalue weighted by Crippen LogP contribution is 2.21. The lowest BCUT2D eigenvalue weighted by Gasteiger charge is -2.25. The van der Waals surface area contributed by atoms with Crippen molar-refractivity contribution in [3.63, 3.8) is 0 Å². The summed E-state index contributed by atoms with van der Waals surface area (Å²) in [5.74, 6) is 0.409. The maximum atomic E-state index is 13.0. The summed E-state index contributed by atoms with van der Waals surface area (Å²) in [6, 6.07) is 23.6.